The molecule has 0 unspecified atom stereocenters. The summed E-state index contributed by atoms with van der Waals surface area (Å²) >= 11 is 0. The minimum absolute atomic E-state index is 0. The average Bonchev–Trinajstić information content (AvgIpc) is 3.33. The Morgan fingerprint density at radius 2 is 1.84 bits per heavy atom. The van der Waals surface area contributed by atoms with Gasteiger partial charge in [0.15, 0.2) is 0 Å². The lowest BCUT2D eigenvalue weighted by atomic mass is 9.95. The third kappa shape index (κ3) is 4.44. The van der Waals surface area contributed by atoms with E-state index in [0.717, 1.165) is 54.0 Å². The van der Waals surface area contributed by atoms with Gasteiger partial charge >= 0.3 is 0 Å². The summed E-state index contributed by atoms with van der Waals surface area (Å²) < 4.78 is 5.55. The summed E-state index contributed by atoms with van der Waals surface area (Å²) in [6.07, 6.45) is 4.28. The fourth-order valence-electron chi connectivity index (χ4n) is 3.99. The first kappa shape index (κ1) is 23.2. The van der Waals surface area contributed by atoms with Crippen molar-refractivity contribution < 1.29 is 4.52 Å². The molecule has 1 aliphatic heterocycles. The molecule has 0 atom stereocenters. The standard InChI is InChI=1S/C22H24N6O.2ClH/c1-12-8-17-18(9-13(12)2)26-19(25-17)4-5-20-27-22(28-29-20)21-14(3)24-11-15-10-23-7-6-16(15)21;;/h8-9,11,23H,4-7,10H2,1-3H3,(H,25,26);2*1H. The molecule has 5 rings (SSSR count). The van der Waals surface area contributed by atoms with Crippen LogP contribution in [0.5, 0.6) is 0 Å². The third-order valence-corrected chi connectivity index (χ3v) is 5.75. The third-order valence-electron chi connectivity index (χ3n) is 5.75. The summed E-state index contributed by atoms with van der Waals surface area (Å²) in [6, 6.07) is 4.27. The molecule has 0 spiro atoms. The molecule has 0 saturated heterocycles. The van der Waals surface area contributed by atoms with Crippen LogP contribution in [0.2, 0.25) is 0 Å². The van der Waals surface area contributed by atoms with Crippen molar-refractivity contribution in [3.63, 3.8) is 0 Å². The molecule has 4 heterocycles. The van der Waals surface area contributed by atoms with Gasteiger partial charge in [0.1, 0.15) is 5.82 Å². The number of benzene rings is 1. The van der Waals surface area contributed by atoms with Crippen molar-refractivity contribution in [1.82, 2.24) is 30.4 Å². The van der Waals surface area contributed by atoms with E-state index in [1.807, 2.05) is 13.1 Å². The second-order valence-electron chi connectivity index (χ2n) is 7.80. The summed E-state index contributed by atoms with van der Waals surface area (Å²) in [5, 5.41) is 7.64. The molecule has 7 nitrogen and oxygen atoms in total. The predicted molar refractivity (Wildman–Crippen MR) is 125 cm³/mol. The van der Waals surface area contributed by atoms with Crippen LogP contribution in [-0.2, 0) is 25.8 Å². The van der Waals surface area contributed by atoms with Gasteiger partial charge < -0.3 is 14.8 Å². The molecule has 31 heavy (non-hydrogen) atoms. The van der Waals surface area contributed by atoms with Crippen molar-refractivity contribution in [3.8, 4) is 11.4 Å². The number of fused-ring (bicyclic) bond motifs is 2. The highest BCUT2D eigenvalue weighted by Crippen LogP contribution is 2.28. The Morgan fingerprint density at radius 1 is 1.03 bits per heavy atom. The zero-order chi connectivity index (χ0) is 20.0. The minimum atomic E-state index is 0. The summed E-state index contributed by atoms with van der Waals surface area (Å²) in [6.45, 7) is 8.03. The van der Waals surface area contributed by atoms with Gasteiger partial charge in [-0.05, 0) is 68.1 Å². The molecule has 2 N–H and O–H groups in total. The number of nitrogens with one attached hydrogen (secondary N) is 2. The van der Waals surface area contributed by atoms with Crippen molar-refractivity contribution in [1.29, 1.82) is 0 Å². The summed E-state index contributed by atoms with van der Waals surface area (Å²) in [5.74, 6) is 2.20. The van der Waals surface area contributed by atoms with E-state index in [4.69, 9.17) is 9.51 Å². The van der Waals surface area contributed by atoms with Crippen LogP contribution in [0, 0.1) is 20.8 Å². The maximum absolute atomic E-state index is 5.55. The van der Waals surface area contributed by atoms with Gasteiger partial charge in [0.05, 0.1) is 11.0 Å². The largest absolute Gasteiger partial charge is 0.342 e. The molecule has 0 radical (unpaired) electrons. The zero-order valence-corrected chi connectivity index (χ0v) is 19.4. The van der Waals surface area contributed by atoms with E-state index in [-0.39, 0.29) is 24.8 Å². The van der Waals surface area contributed by atoms with Crippen LogP contribution in [0.1, 0.15) is 39.7 Å². The highest BCUT2D eigenvalue weighted by Gasteiger charge is 2.21. The first-order valence-electron chi connectivity index (χ1n) is 10.1. The Morgan fingerprint density at radius 3 is 2.68 bits per heavy atom. The Hall–Kier alpha value is -2.48. The van der Waals surface area contributed by atoms with E-state index in [0.29, 0.717) is 18.1 Å². The van der Waals surface area contributed by atoms with E-state index in [1.54, 1.807) is 0 Å². The Labute approximate surface area is 193 Å². The molecule has 0 bridgehead atoms. The number of rotatable bonds is 4. The van der Waals surface area contributed by atoms with Gasteiger partial charge in [-0.2, -0.15) is 4.98 Å². The van der Waals surface area contributed by atoms with Gasteiger partial charge in [-0.15, -0.1) is 24.8 Å². The SMILES string of the molecule is Cc1cc2nc(CCc3nc(-c4c(C)ncc5c4CCNC5)no3)[nH]c2cc1C.Cl.Cl. The molecule has 0 aliphatic carbocycles. The van der Waals surface area contributed by atoms with E-state index in [9.17, 15) is 0 Å². The molecule has 3 aromatic heterocycles. The first-order valence-corrected chi connectivity index (χ1v) is 10.1. The lowest BCUT2D eigenvalue weighted by Crippen LogP contribution is -2.24. The number of hydrogen-bond donors (Lipinski definition) is 2. The highest BCUT2D eigenvalue weighted by molar-refractivity contribution is 5.85. The van der Waals surface area contributed by atoms with Crippen molar-refractivity contribution in [2.24, 2.45) is 0 Å². The van der Waals surface area contributed by atoms with Crippen LogP contribution >= 0.6 is 24.8 Å². The van der Waals surface area contributed by atoms with Crippen molar-refractivity contribution >= 4 is 35.8 Å². The number of aromatic nitrogens is 5. The Bertz CT molecular complexity index is 1180. The molecular weight excluding hydrogens is 435 g/mol. The second-order valence-corrected chi connectivity index (χ2v) is 7.80. The molecule has 9 heteroatoms. The summed E-state index contributed by atoms with van der Waals surface area (Å²) in [7, 11) is 0. The average molecular weight is 461 g/mol. The van der Waals surface area contributed by atoms with E-state index in [1.165, 1.54) is 22.3 Å². The lowest BCUT2D eigenvalue weighted by molar-refractivity contribution is 0.378. The quantitative estimate of drug-likeness (QED) is 0.473. The first-order chi connectivity index (χ1) is 14.1. The molecule has 0 saturated carbocycles. The summed E-state index contributed by atoms with van der Waals surface area (Å²) in [4.78, 5) is 17.3. The topological polar surface area (TPSA) is 92.5 Å². The fourth-order valence-corrected chi connectivity index (χ4v) is 3.99. The number of imidazole rings is 1. The van der Waals surface area contributed by atoms with Gasteiger partial charge in [0.25, 0.3) is 0 Å². The minimum Gasteiger partial charge on any atom is -0.342 e. The number of aromatic amines is 1. The van der Waals surface area contributed by atoms with Gasteiger partial charge in [-0.25, -0.2) is 4.98 Å². The highest BCUT2D eigenvalue weighted by atomic mass is 35.5. The van der Waals surface area contributed by atoms with Crippen LogP contribution in [0.3, 0.4) is 0 Å². The Kier molecular flexibility index (Phi) is 6.99. The molecule has 164 valence electrons. The molecular formula is C22H26Cl2N6O. The van der Waals surface area contributed by atoms with Gasteiger partial charge in [-0.1, -0.05) is 5.16 Å². The molecule has 1 aliphatic rings. The maximum atomic E-state index is 5.55. The van der Waals surface area contributed by atoms with Crippen LogP contribution < -0.4 is 5.32 Å². The van der Waals surface area contributed by atoms with Gasteiger partial charge in [0, 0.05) is 36.8 Å². The van der Waals surface area contributed by atoms with Gasteiger partial charge in [-0.3, -0.25) is 4.98 Å². The van der Waals surface area contributed by atoms with Crippen LogP contribution in [-0.4, -0.2) is 31.6 Å². The number of pyridine rings is 1. The fraction of sp³-hybridized carbons (Fsp3) is 0.364. The molecule has 1 aromatic carbocycles. The van der Waals surface area contributed by atoms with E-state index in [2.05, 4.69) is 51.4 Å². The van der Waals surface area contributed by atoms with Crippen molar-refractivity contribution in [2.45, 2.75) is 46.6 Å². The van der Waals surface area contributed by atoms with Crippen LogP contribution in [0.15, 0.2) is 22.9 Å². The zero-order valence-electron chi connectivity index (χ0n) is 17.8. The van der Waals surface area contributed by atoms with Crippen LogP contribution in [0.4, 0.5) is 0 Å². The number of nitrogens with zero attached hydrogens (tertiary/aromatic N) is 4. The number of hydrogen-bond acceptors (Lipinski definition) is 6. The summed E-state index contributed by atoms with van der Waals surface area (Å²) in [5.41, 5.74) is 9.06. The number of H-pyrrole nitrogens is 1. The monoisotopic (exact) mass is 460 g/mol. The smallest absolute Gasteiger partial charge is 0.227 e. The number of halogens is 2. The Balaban J connectivity index is 0.00000136. The number of aryl methyl sites for hydroxylation is 5. The normalized spacial score (nSPS) is 12.9. The predicted octanol–water partition coefficient (Wildman–Crippen LogP) is 4.21. The molecule has 4 aromatic rings. The van der Waals surface area contributed by atoms with Crippen LogP contribution in [0.25, 0.3) is 22.4 Å². The second kappa shape index (κ2) is 9.34. The molecule has 0 amide bonds. The molecule has 0 fully saturated rings. The lowest BCUT2D eigenvalue weighted by Gasteiger charge is -2.19. The maximum Gasteiger partial charge on any atom is 0.227 e. The van der Waals surface area contributed by atoms with Gasteiger partial charge in [0.2, 0.25) is 11.7 Å². The van der Waals surface area contributed by atoms with Crippen molar-refractivity contribution in [3.05, 3.63) is 58.0 Å². The van der Waals surface area contributed by atoms with E-state index < -0.39 is 0 Å². The van der Waals surface area contributed by atoms with E-state index >= 15 is 0 Å². The van der Waals surface area contributed by atoms with Crippen molar-refractivity contribution in [2.75, 3.05) is 6.54 Å².